The third-order valence-corrected chi connectivity index (χ3v) is 5.86. The molecule has 2 fully saturated rings. The summed E-state index contributed by atoms with van der Waals surface area (Å²) in [6.07, 6.45) is 2.47. The van der Waals surface area contributed by atoms with Gasteiger partial charge in [0.2, 0.25) is 16.8 Å². The summed E-state index contributed by atoms with van der Waals surface area (Å²) in [5, 5.41) is 0. The van der Waals surface area contributed by atoms with Crippen LogP contribution in [0.3, 0.4) is 0 Å². The molecular formula is C13H18N4O4S. The van der Waals surface area contributed by atoms with Gasteiger partial charge < -0.3 is 9.47 Å². The first kappa shape index (κ1) is 14.2. The Labute approximate surface area is 128 Å². The average Bonchev–Trinajstić information content (AvgIpc) is 3.14. The van der Waals surface area contributed by atoms with Crippen molar-refractivity contribution in [1.82, 2.24) is 21.1 Å². The minimum Gasteiger partial charge on any atom is -0.454 e. The zero-order valence-corrected chi connectivity index (χ0v) is 12.7. The number of ether oxygens (including phenoxy) is 2. The van der Waals surface area contributed by atoms with E-state index in [9.17, 15) is 8.42 Å². The molecule has 0 bridgehead atoms. The van der Waals surface area contributed by atoms with Crippen molar-refractivity contribution in [3.05, 3.63) is 18.2 Å². The Morgan fingerprint density at radius 3 is 2.82 bits per heavy atom. The first-order valence-electron chi connectivity index (χ1n) is 7.30. The monoisotopic (exact) mass is 326 g/mol. The van der Waals surface area contributed by atoms with E-state index in [0.717, 1.165) is 19.3 Å². The van der Waals surface area contributed by atoms with Crippen molar-refractivity contribution in [2.75, 3.05) is 6.79 Å². The average molecular weight is 326 g/mol. The van der Waals surface area contributed by atoms with Crippen LogP contribution in [0.2, 0.25) is 0 Å². The second-order valence-corrected chi connectivity index (χ2v) is 7.49. The largest absolute Gasteiger partial charge is 0.454 e. The molecule has 4 rings (SSSR count). The SMILES string of the molecule is O=S(=O)(NC1CCC2NNNC2C1)c1ccc2c(c1)OCO2. The summed E-state index contributed by atoms with van der Waals surface area (Å²) in [4.78, 5) is 0.203. The quantitative estimate of drug-likeness (QED) is 0.599. The van der Waals surface area contributed by atoms with E-state index >= 15 is 0 Å². The number of fused-ring (bicyclic) bond motifs is 2. The van der Waals surface area contributed by atoms with Gasteiger partial charge in [0.15, 0.2) is 11.5 Å². The second kappa shape index (κ2) is 5.36. The lowest BCUT2D eigenvalue weighted by atomic mass is 9.88. The Kier molecular flexibility index (Phi) is 3.46. The summed E-state index contributed by atoms with van der Waals surface area (Å²) in [6.45, 7) is 0.129. The van der Waals surface area contributed by atoms with Gasteiger partial charge in [-0.15, -0.1) is 0 Å². The molecule has 1 aliphatic carbocycles. The third-order valence-electron chi connectivity index (χ3n) is 4.34. The Bertz CT molecular complexity index is 681. The molecule has 3 atom stereocenters. The molecule has 1 aromatic carbocycles. The van der Waals surface area contributed by atoms with E-state index in [1.54, 1.807) is 12.1 Å². The van der Waals surface area contributed by atoms with Gasteiger partial charge in [-0.3, -0.25) is 0 Å². The van der Waals surface area contributed by atoms with Crippen LogP contribution in [0.15, 0.2) is 23.1 Å². The zero-order valence-electron chi connectivity index (χ0n) is 11.8. The first-order chi connectivity index (χ1) is 10.6. The lowest BCUT2D eigenvalue weighted by Gasteiger charge is -2.30. The van der Waals surface area contributed by atoms with Crippen molar-refractivity contribution in [3.63, 3.8) is 0 Å². The van der Waals surface area contributed by atoms with Gasteiger partial charge in [-0.05, 0) is 31.4 Å². The number of rotatable bonds is 3. The molecule has 3 aliphatic rings. The number of sulfonamides is 1. The predicted molar refractivity (Wildman–Crippen MR) is 77.5 cm³/mol. The number of hydrogen-bond donors (Lipinski definition) is 4. The maximum Gasteiger partial charge on any atom is 0.240 e. The van der Waals surface area contributed by atoms with E-state index in [1.165, 1.54) is 6.07 Å². The minimum absolute atomic E-state index is 0.0779. The zero-order chi connectivity index (χ0) is 15.2. The van der Waals surface area contributed by atoms with Gasteiger partial charge in [0.05, 0.1) is 4.90 Å². The predicted octanol–water partition coefficient (Wildman–Crippen LogP) is -0.404. The van der Waals surface area contributed by atoms with Crippen molar-refractivity contribution in [2.45, 2.75) is 42.3 Å². The van der Waals surface area contributed by atoms with E-state index in [0.29, 0.717) is 17.5 Å². The Hall–Kier alpha value is -1.39. The van der Waals surface area contributed by atoms with Gasteiger partial charge in [-0.1, -0.05) is 0 Å². The van der Waals surface area contributed by atoms with Gasteiger partial charge in [-0.2, -0.15) is 5.53 Å². The van der Waals surface area contributed by atoms with E-state index in [2.05, 4.69) is 21.1 Å². The molecule has 8 nitrogen and oxygen atoms in total. The van der Waals surface area contributed by atoms with Gasteiger partial charge >= 0.3 is 0 Å². The standard InChI is InChI=1S/C13H18N4O4S/c18-22(19,9-2-4-12-13(6-9)21-7-20-12)16-8-1-3-10-11(5-8)15-17-14-10/h2,4,6,8,10-11,14-17H,1,3,5,7H2. The van der Waals surface area contributed by atoms with Crippen LogP contribution in [0, 0.1) is 0 Å². The highest BCUT2D eigenvalue weighted by molar-refractivity contribution is 7.89. The lowest BCUT2D eigenvalue weighted by Crippen LogP contribution is -2.47. The molecular weight excluding hydrogens is 308 g/mol. The molecule has 22 heavy (non-hydrogen) atoms. The van der Waals surface area contributed by atoms with Crippen LogP contribution in [-0.4, -0.2) is 33.3 Å². The summed E-state index contributed by atoms with van der Waals surface area (Å²) < 4.78 is 38.3. The molecule has 1 saturated heterocycles. The summed E-state index contributed by atoms with van der Waals surface area (Å²) >= 11 is 0. The number of hydrogen-bond acceptors (Lipinski definition) is 7. The molecule has 2 heterocycles. The van der Waals surface area contributed by atoms with Crippen LogP contribution < -0.4 is 30.6 Å². The molecule has 2 aliphatic heterocycles. The maximum absolute atomic E-state index is 12.5. The summed E-state index contributed by atoms with van der Waals surface area (Å²) in [5.41, 5.74) is 9.15. The van der Waals surface area contributed by atoms with Gasteiger partial charge in [0, 0.05) is 24.2 Å². The third kappa shape index (κ3) is 2.55. The molecule has 120 valence electrons. The van der Waals surface area contributed by atoms with Crippen LogP contribution in [-0.2, 0) is 10.0 Å². The van der Waals surface area contributed by atoms with Crippen molar-refractivity contribution in [1.29, 1.82) is 0 Å². The van der Waals surface area contributed by atoms with Gasteiger partial charge in [0.25, 0.3) is 0 Å². The van der Waals surface area contributed by atoms with Gasteiger partial charge in [0.1, 0.15) is 0 Å². The molecule has 0 radical (unpaired) electrons. The summed E-state index contributed by atoms with van der Waals surface area (Å²) in [5.74, 6) is 1.05. The smallest absolute Gasteiger partial charge is 0.240 e. The van der Waals surface area contributed by atoms with Crippen LogP contribution in [0.1, 0.15) is 19.3 Å². The molecule has 9 heteroatoms. The highest BCUT2D eigenvalue weighted by Crippen LogP contribution is 2.34. The van der Waals surface area contributed by atoms with Crippen molar-refractivity contribution >= 4 is 10.0 Å². The summed E-state index contributed by atoms with van der Waals surface area (Å²) in [7, 11) is -3.56. The van der Waals surface area contributed by atoms with Crippen LogP contribution >= 0.6 is 0 Å². The maximum atomic E-state index is 12.5. The Morgan fingerprint density at radius 2 is 1.91 bits per heavy atom. The number of benzene rings is 1. The summed E-state index contributed by atoms with van der Waals surface area (Å²) in [6, 6.07) is 5.18. The van der Waals surface area contributed by atoms with Crippen molar-refractivity contribution < 1.29 is 17.9 Å². The van der Waals surface area contributed by atoms with E-state index in [-0.39, 0.29) is 23.8 Å². The molecule has 0 spiro atoms. The molecule has 0 amide bonds. The number of hydrazine groups is 2. The normalized spacial score (nSPS) is 30.3. The van der Waals surface area contributed by atoms with Crippen molar-refractivity contribution in [2.24, 2.45) is 0 Å². The minimum atomic E-state index is -3.56. The van der Waals surface area contributed by atoms with E-state index < -0.39 is 10.0 Å². The first-order valence-corrected chi connectivity index (χ1v) is 8.78. The van der Waals surface area contributed by atoms with Gasteiger partial charge in [-0.25, -0.2) is 24.0 Å². The molecule has 3 unspecified atom stereocenters. The fourth-order valence-electron chi connectivity index (χ4n) is 3.17. The Balaban J connectivity index is 1.49. The highest BCUT2D eigenvalue weighted by Gasteiger charge is 2.35. The van der Waals surface area contributed by atoms with Crippen LogP contribution in [0.25, 0.3) is 0 Å². The molecule has 1 saturated carbocycles. The van der Waals surface area contributed by atoms with Crippen molar-refractivity contribution in [3.8, 4) is 11.5 Å². The van der Waals surface area contributed by atoms with Crippen LogP contribution in [0.5, 0.6) is 11.5 Å². The lowest BCUT2D eigenvalue weighted by molar-refractivity contribution is 0.174. The molecule has 1 aromatic rings. The topological polar surface area (TPSA) is 101 Å². The highest BCUT2D eigenvalue weighted by atomic mass is 32.2. The van der Waals surface area contributed by atoms with Crippen LogP contribution in [0.4, 0.5) is 0 Å². The fraction of sp³-hybridized carbons (Fsp3) is 0.538. The Morgan fingerprint density at radius 1 is 1.09 bits per heavy atom. The van der Waals surface area contributed by atoms with E-state index in [1.807, 2.05) is 0 Å². The molecule has 0 aromatic heterocycles. The van der Waals surface area contributed by atoms with E-state index in [4.69, 9.17) is 9.47 Å². The fourth-order valence-corrected chi connectivity index (χ4v) is 4.47. The number of nitrogens with one attached hydrogen (secondary N) is 4. The second-order valence-electron chi connectivity index (χ2n) is 5.77. The molecule has 4 N–H and O–H groups in total.